The van der Waals surface area contributed by atoms with E-state index in [9.17, 15) is 4.39 Å². The van der Waals surface area contributed by atoms with Crippen LogP contribution in [-0.4, -0.2) is 12.5 Å². The predicted molar refractivity (Wildman–Crippen MR) is 53.7 cm³/mol. The lowest BCUT2D eigenvalue weighted by atomic mass is 10.1. The highest BCUT2D eigenvalue weighted by atomic mass is 19.1. The summed E-state index contributed by atoms with van der Waals surface area (Å²) in [4.78, 5) is 0. The molecule has 1 aromatic carbocycles. The maximum Gasteiger partial charge on any atom is 0.216 e. The number of hydrogen-bond acceptors (Lipinski definition) is 4. The van der Waals surface area contributed by atoms with Crippen molar-refractivity contribution in [2.75, 3.05) is 18.1 Å². The van der Waals surface area contributed by atoms with Crippen LogP contribution < -0.4 is 11.5 Å². The summed E-state index contributed by atoms with van der Waals surface area (Å²) < 4.78 is 18.1. The first-order chi connectivity index (χ1) is 6.56. The summed E-state index contributed by atoms with van der Waals surface area (Å²) in [5, 5.41) is 7.38. The van der Waals surface area contributed by atoms with Gasteiger partial charge in [0, 0.05) is 0 Å². The van der Waals surface area contributed by atoms with Gasteiger partial charge in [-0.25, -0.2) is 4.39 Å². The van der Waals surface area contributed by atoms with Gasteiger partial charge < -0.3 is 16.2 Å². The van der Waals surface area contributed by atoms with Gasteiger partial charge in [-0.05, 0) is 19.1 Å². The molecule has 0 unspecified atom stereocenters. The van der Waals surface area contributed by atoms with Crippen LogP contribution in [-0.2, 0) is 4.74 Å². The van der Waals surface area contributed by atoms with Crippen molar-refractivity contribution < 1.29 is 9.13 Å². The number of benzene rings is 1. The van der Waals surface area contributed by atoms with Crippen LogP contribution >= 0.6 is 0 Å². The van der Waals surface area contributed by atoms with E-state index < -0.39 is 5.82 Å². The molecule has 0 bridgehead atoms. The molecule has 0 atom stereocenters. The Morgan fingerprint density at radius 2 is 2.00 bits per heavy atom. The van der Waals surface area contributed by atoms with E-state index in [-0.39, 0.29) is 22.8 Å². The largest absolute Gasteiger partial charge is 0.478 e. The number of hydrogen-bond donors (Lipinski definition) is 3. The fourth-order valence-corrected chi connectivity index (χ4v) is 1.00. The molecule has 4 nitrogen and oxygen atoms in total. The second-order valence-corrected chi connectivity index (χ2v) is 2.72. The summed E-state index contributed by atoms with van der Waals surface area (Å²) in [7, 11) is 0. The average Bonchev–Trinajstić information content (AvgIpc) is 2.11. The molecule has 5 heteroatoms. The van der Waals surface area contributed by atoms with Crippen LogP contribution in [0.5, 0.6) is 0 Å². The number of halogens is 1. The molecule has 0 aliphatic carbocycles. The number of nitrogen functional groups attached to an aromatic ring is 2. The molecule has 76 valence electrons. The van der Waals surface area contributed by atoms with Gasteiger partial charge >= 0.3 is 0 Å². The fraction of sp³-hybridized carbons (Fsp3) is 0.222. The fourth-order valence-electron chi connectivity index (χ4n) is 1.00. The second kappa shape index (κ2) is 3.95. The van der Waals surface area contributed by atoms with Crippen LogP contribution in [0.25, 0.3) is 0 Å². The normalized spacial score (nSPS) is 9.86. The molecule has 0 radical (unpaired) electrons. The van der Waals surface area contributed by atoms with E-state index in [4.69, 9.17) is 21.6 Å². The van der Waals surface area contributed by atoms with E-state index in [1.54, 1.807) is 6.92 Å². The third-order valence-electron chi connectivity index (χ3n) is 1.71. The SMILES string of the molecule is CCOC(=N)c1cc(N)c(N)cc1F. The molecule has 1 aromatic rings. The van der Waals surface area contributed by atoms with E-state index in [1.807, 2.05) is 0 Å². The maximum absolute atomic E-state index is 13.2. The highest BCUT2D eigenvalue weighted by Crippen LogP contribution is 2.20. The summed E-state index contributed by atoms with van der Waals surface area (Å²) in [5.41, 5.74) is 11.3. The summed E-state index contributed by atoms with van der Waals surface area (Å²) in [6.45, 7) is 2.02. The van der Waals surface area contributed by atoms with E-state index in [1.165, 1.54) is 6.07 Å². The maximum atomic E-state index is 13.2. The van der Waals surface area contributed by atoms with Crippen molar-refractivity contribution in [3.63, 3.8) is 0 Å². The minimum atomic E-state index is -0.602. The predicted octanol–water partition coefficient (Wildman–Crippen LogP) is 1.35. The van der Waals surface area contributed by atoms with Gasteiger partial charge in [-0.1, -0.05) is 0 Å². The van der Waals surface area contributed by atoms with E-state index in [0.717, 1.165) is 6.07 Å². The molecular formula is C9H12FN3O. The Balaban J connectivity index is 3.09. The van der Waals surface area contributed by atoms with Gasteiger partial charge in [-0.2, -0.15) is 0 Å². The van der Waals surface area contributed by atoms with Crippen LogP contribution in [0.4, 0.5) is 15.8 Å². The highest BCUT2D eigenvalue weighted by molar-refractivity contribution is 5.94. The molecule has 0 amide bonds. The van der Waals surface area contributed by atoms with Gasteiger partial charge in [-0.3, -0.25) is 5.41 Å². The Hall–Kier alpha value is -1.78. The summed E-state index contributed by atoms with van der Waals surface area (Å²) >= 11 is 0. The average molecular weight is 197 g/mol. The lowest BCUT2D eigenvalue weighted by molar-refractivity contribution is 0.324. The van der Waals surface area contributed by atoms with Crippen molar-refractivity contribution in [2.45, 2.75) is 6.92 Å². The number of rotatable bonds is 2. The second-order valence-electron chi connectivity index (χ2n) is 2.72. The monoisotopic (exact) mass is 197 g/mol. The minimum absolute atomic E-state index is 0.0264. The molecule has 14 heavy (non-hydrogen) atoms. The van der Waals surface area contributed by atoms with Gasteiger partial charge in [0.1, 0.15) is 5.82 Å². The minimum Gasteiger partial charge on any atom is -0.478 e. The van der Waals surface area contributed by atoms with E-state index in [2.05, 4.69) is 0 Å². The number of nitrogens with two attached hydrogens (primary N) is 2. The molecule has 0 heterocycles. The van der Waals surface area contributed by atoms with Crippen molar-refractivity contribution in [1.29, 1.82) is 5.41 Å². The molecule has 0 fully saturated rings. The Bertz CT molecular complexity index is 365. The number of ether oxygens (including phenoxy) is 1. The quantitative estimate of drug-likeness (QED) is 0.380. The van der Waals surface area contributed by atoms with Crippen molar-refractivity contribution in [3.05, 3.63) is 23.5 Å². The van der Waals surface area contributed by atoms with Gasteiger partial charge in [0.25, 0.3) is 0 Å². The summed E-state index contributed by atoms with van der Waals surface area (Å²) in [6.07, 6.45) is 0. The lowest BCUT2D eigenvalue weighted by Gasteiger charge is -2.08. The zero-order valence-corrected chi connectivity index (χ0v) is 7.80. The lowest BCUT2D eigenvalue weighted by Crippen LogP contribution is -2.09. The van der Waals surface area contributed by atoms with Crippen molar-refractivity contribution in [1.82, 2.24) is 0 Å². The molecular weight excluding hydrogens is 185 g/mol. The third-order valence-corrected chi connectivity index (χ3v) is 1.71. The first-order valence-electron chi connectivity index (χ1n) is 4.12. The molecule has 1 rings (SSSR count). The van der Waals surface area contributed by atoms with Crippen molar-refractivity contribution in [2.24, 2.45) is 0 Å². The first kappa shape index (κ1) is 10.3. The van der Waals surface area contributed by atoms with Crippen molar-refractivity contribution in [3.8, 4) is 0 Å². The van der Waals surface area contributed by atoms with Gasteiger partial charge in [-0.15, -0.1) is 0 Å². The summed E-state index contributed by atoms with van der Waals surface area (Å²) in [6, 6.07) is 2.38. The van der Waals surface area contributed by atoms with Crippen molar-refractivity contribution >= 4 is 17.3 Å². The highest BCUT2D eigenvalue weighted by Gasteiger charge is 2.11. The molecule has 0 spiro atoms. The molecule has 0 aromatic heterocycles. The number of nitrogens with one attached hydrogen (secondary N) is 1. The molecule has 0 aliphatic rings. The van der Waals surface area contributed by atoms with Crippen LogP contribution in [0, 0.1) is 11.2 Å². The Morgan fingerprint density at radius 3 is 2.57 bits per heavy atom. The molecule has 5 N–H and O–H groups in total. The van der Waals surface area contributed by atoms with Gasteiger partial charge in [0.15, 0.2) is 0 Å². The smallest absolute Gasteiger partial charge is 0.216 e. The third kappa shape index (κ3) is 1.93. The Labute approximate surface area is 81.2 Å². The zero-order valence-electron chi connectivity index (χ0n) is 7.80. The van der Waals surface area contributed by atoms with Gasteiger partial charge in [0.2, 0.25) is 5.90 Å². The van der Waals surface area contributed by atoms with Crippen LogP contribution in [0.15, 0.2) is 12.1 Å². The van der Waals surface area contributed by atoms with Crippen LogP contribution in [0.2, 0.25) is 0 Å². The molecule has 0 aliphatic heterocycles. The van der Waals surface area contributed by atoms with Crippen LogP contribution in [0.1, 0.15) is 12.5 Å². The van der Waals surface area contributed by atoms with E-state index in [0.29, 0.717) is 6.61 Å². The standard InChI is InChI=1S/C9H12FN3O/c1-2-14-9(13)5-3-7(11)8(12)4-6(5)10/h3-4,13H,2,11-12H2,1H3. The van der Waals surface area contributed by atoms with Crippen LogP contribution in [0.3, 0.4) is 0 Å². The topological polar surface area (TPSA) is 85.1 Å². The van der Waals surface area contributed by atoms with Gasteiger partial charge in [0.05, 0.1) is 23.5 Å². The molecule has 0 saturated heterocycles. The number of anilines is 2. The molecule has 0 saturated carbocycles. The first-order valence-corrected chi connectivity index (χ1v) is 4.12. The Kier molecular flexibility index (Phi) is 2.91. The Morgan fingerprint density at radius 1 is 1.43 bits per heavy atom. The zero-order chi connectivity index (χ0) is 10.7. The van der Waals surface area contributed by atoms with E-state index >= 15 is 0 Å². The summed E-state index contributed by atoms with van der Waals surface area (Å²) in [5.74, 6) is -0.841.